The molecule has 1 aliphatic heterocycles. The molecule has 0 fully saturated rings. The highest BCUT2D eigenvalue weighted by atomic mass is 19.1. The summed E-state index contributed by atoms with van der Waals surface area (Å²) >= 11 is 0. The molecule has 188 valence electrons. The second-order valence-electron chi connectivity index (χ2n) is 8.26. The molecule has 0 saturated carbocycles. The number of fused-ring (bicyclic) bond motifs is 1. The van der Waals surface area contributed by atoms with Gasteiger partial charge in [-0.3, -0.25) is 0 Å². The highest BCUT2D eigenvalue weighted by molar-refractivity contribution is 6.02. The van der Waals surface area contributed by atoms with Gasteiger partial charge in [-0.15, -0.1) is 0 Å². The maximum Gasteiger partial charge on any atom is 0.338 e. The summed E-state index contributed by atoms with van der Waals surface area (Å²) < 4.78 is 31.9. The van der Waals surface area contributed by atoms with Crippen molar-refractivity contribution in [2.45, 2.75) is 19.6 Å². The number of nitrogens with one attached hydrogen (secondary N) is 1. The van der Waals surface area contributed by atoms with Gasteiger partial charge >= 0.3 is 5.97 Å². The van der Waals surface area contributed by atoms with Crippen LogP contribution in [0.25, 0.3) is 5.70 Å². The Hall–Kier alpha value is -4.66. The van der Waals surface area contributed by atoms with E-state index in [0.717, 1.165) is 16.7 Å². The van der Waals surface area contributed by atoms with Crippen molar-refractivity contribution in [3.05, 3.63) is 107 Å². The quantitative estimate of drug-likeness (QED) is 0.341. The third-order valence-electron chi connectivity index (χ3n) is 5.97. The molecule has 37 heavy (non-hydrogen) atoms. The Kier molecular flexibility index (Phi) is 6.85. The SMILES string of the molecule is CCOC(=O)C1=C(c2ccccc2)Nc2ncnn2[C@@H]1c1ccc(OCc2ccc(F)cc2)c(OC)c1. The number of hydrogen-bond donors (Lipinski definition) is 1. The highest BCUT2D eigenvalue weighted by Crippen LogP contribution is 2.41. The van der Waals surface area contributed by atoms with E-state index in [9.17, 15) is 9.18 Å². The summed E-state index contributed by atoms with van der Waals surface area (Å²) in [5, 5.41) is 7.65. The normalized spacial score (nSPS) is 14.5. The van der Waals surface area contributed by atoms with Gasteiger partial charge in [-0.25, -0.2) is 13.9 Å². The molecular formula is C28H25FN4O4. The van der Waals surface area contributed by atoms with Crippen LogP contribution in [0.1, 0.15) is 29.7 Å². The molecule has 1 atom stereocenters. The van der Waals surface area contributed by atoms with Crippen LogP contribution < -0.4 is 14.8 Å². The van der Waals surface area contributed by atoms with Crippen LogP contribution >= 0.6 is 0 Å². The summed E-state index contributed by atoms with van der Waals surface area (Å²) in [4.78, 5) is 17.7. The number of anilines is 1. The smallest absolute Gasteiger partial charge is 0.338 e. The second-order valence-corrected chi connectivity index (χ2v) is 8.26. The van der Waals surface area contributed by atoms with Crippen LogP contribution in [-0.2, 0) is 16.1 Å². The van der Waals surface area contributed by atoms with E-state index in [1.54, 1.807) is 36.9 Å². The lowest BCUT2D eigenvalue weighted by Crippen LogP contribution is -2.30. The minimum Gasteiger partial charge on any atom is -0.493 e. The third kappa shape index (κ3) is 4.88. The van der Waals surface area contributed by atoms with E-state index in [1.807, 2.05) is 42.5 Å². The molecule has 8 nitrogen and oxygen atoms in total. The zero-order valence-electron chi connectivity index (χ0n) is 20.3. The van der Waals surface area contributed by atoms with Crippen molar-refractivity contribution in [1.82, 2.24) is 14.8 Å². The topological polar surface area (TPSA) is 87.5 Å². The van der Waals surface area contributed by atoms with E-state index >= 15 is 0 Å². The standard InChI is InChI=1S/C28H25FN4O4/c1-3-36-27(34)24-25(19-7-5-4-6-8-19)32-28-30-17-31-33(28)26(24)20-11-14-22(23(15-20)35-2)37-16-18-9-12-21(29)13-10-18/h4-15,17,26H,3,16H2,1-2H3,(H,30,31,32)/t26-/m1/s1. The molecule has 2 heterocycles. The Morgan fingerprint density at radius 3 is 2.57 bits per heavy atom. The van der Waals surface area contributed by atoms with Crippen molar-refractivity contribution in [2.75, 3.05) is 19.0 Å². The fraction of sp³-hybridized carbons (Fsp3) is 0.179. The minimum absolute atomic E-state index is 0.223. The van der Waals surface area contributed by atoms with Crippen molar-refractivity contribution in [3.8, 4) is 11.5 Å². The maximum atomic E-state index is 13.3. The van der Waals surface area contributed by atoms with E-state index in [-0.39, 0.29) is 19.0 Å². The number of benzene rings is 3. The summed E-state index contributed by atoms with van der Waals surface area (Å²) in [6.07, 6.45) is 1.43. The lowest BCUT2D eigenvalue weighted by atomic mass is 9.92. The Bertz CT molecular complexity index is 1430. The number of carbonyl (C=O) groups is 1. The van der Waals surface area contributed by atoms with Gasteiger partial charge in [0.15, 0.2) is 11.5 Å². The number of rotatable bonds is 8. The zero-order valence-corrected chi connectivity index (χ0v) is 20.3. The average molecular weight is 501 g/mol. The van der Waals surface area contributed by atoms with Gasteiger partial charge in [0.25, 0.3) is 0 Å². The first-order valence-electron chi connectivity index (χ1n) is 11.8. The number of methoxy groups -OCH3 is 1. The van der Waals surface area contributed by atoms with Crippen LogP contribution in [0.15, 0.2) is 84.7 Å². The van der Waals surface area contributed by atoms with Crippen LogP contribution in [0.4, 0.5) is 10.3 Å². The lowest BCUT2D eigenvalue weighted by Gasteiger charge is -2.30. The van der Waals surface area contributed by atoms with E-state index < -0.39 is 12.0 Å². The monoisotopic (exact) mass is 500 g/mol. The second kappa shape index (κ2) is 10.5. The molecule has 0 bridgehead atoms. The zero-order chi connectivity index (χ0) is 25.8. The van der Waals surface area contributed by atoms with Crippen molar-refractivity contribution >= 4 is 17.6 Å². The van der Waals surface area contributed by atoms with Gasteiger partial charge in [-0.2, -0.15) is 10.1 Å². The molecule has 5 rings (SSSR count). The summed E-state index contributed by atoms with van der Waals surface area (Å²) in [5.74, 6) is 0.709. The molecule has 1 aliphatic rings. The Morgan fingerprint density at radius 2 is 1.84 bits per heavy atom. The van der Waals surface area contributed by atoms with Gasteiger partial charge in [0, 0.05) is 0 Å². The van der Waals surface area contributed by atoms with Crippen molar-refractivity contribution in [2.24, 2.45) is 0 Å². The number of hydrogen-bond acceptors (Lipinski definition) is 7. The Balaban J connectivity index is 1.56. The Morgan fingerprint density at radius 1 is 1.05 bits per heavy atom. The van der Waals surface area contributed by atoms with Crippen LogP contribution in [0.5, 0.6) is 11.5 Å². The summed E-state index contributed by atoms with van der Waals surface area (Å²) in [5.41, 5.74) is 3.36. The lowest BCUT2D eigenvalue weighted by molar-refractivity contribution is -0.138. The molecule has 0 spiro atoms. The number of halogens is 1. The largest absolute Gasteiger partial charge is 0.493 e. The van der Waals surface area contributed by atoms with Gasteiger partial charge in [0.1, 0.15) is 24.8 Å². The molecule has 0 saturated heterocycles. The van der Waals surface area contributed by atoms with E-state index in [1.165, 1.54) is 18.5 Å². The molecule has 1 aromatic heterocycles. The molecule has 0 aliphatic carbocycles. The molecule has 1 N–H and O–H groups in total. The molecule has 4 aromatic rings. The van der Waals surface area contributed by atoms with Gasteiger partial charge in [0.2, 0.25) is 5.95 Å². The maximum absolute atomic E-state index is 13.3. The molecule has 0 unspecified atom stereocenters. The van der Waals surface area contributed by atoms with Crippen LogP contribution in [0, 0.1) is 5.82 Å². The van der Waals surface area contributed by atoms with E-state index in [2.05, 4.69) is 15.4 Å². The first kappa shape index (κ1) is 24.1. The molecular weight excluding hydrogens is 475 g/mol. The van der Waals surface area contributed by atoms with Crippen molar-refractivity contribution in [1.29, 1.82) is 0 Å². The van der Waals surface area contributed by atoms with Crippen molar-refractivity contribution in [3.63, 3.8) is 0 Å². The number of ether oxygens (including phenoxy) is 3. The van der Waals surface area contributed by atoms with Crippen LogP contribution in [-0.4, -0.2) is 34.5 Å². The van der Waals surface area contributed by atoms with Crippen LogP contribution in [0.2, 0.25) is 0 Å². The van der Waals surface area contributed by atoms with Gasteiger partial charge < -0.3 is 19.5 Å². The molecule has 3 aromatic carbocycles. The van der Waals surface area contributed by atoms with Gasteiger partial charge in [0.05, 0.1) is 25.0 Å². The predicted octanol–water partition coefficient (Wildman–Crippen LogP) is 4.99. The summed E-state index contributed by atoms with van der Waals surface area (Å²) in [6.45, 7) is 2.23. The van der Waals surface area contributed by atoms with E-state index in [0.29, 0.717) is 28.7 Å². The van der Waals surface area contributed by atoms with Crippen molar-refractivity contribution < 1.29 is 23.4 Å². The van der Waals surface area contributed by atoms with Gasteiger partial charge in [-0.05, 0) is 47.9 Å². The minimum atomic E-state index is -0.631. The number of esters is 1. The molecule has 0 amide bonds. The highest BCUT2D eigenvalue weighted by Gasteiger charge is 2.36. The number of carbonyl (C=O) groups excluding carboxylic acids is 1. The number of nitrogens with zero attached hydrogens (tertiary/aromatic N) is 3. The van der Waals surface area contributed by atoms with Gasteiger partial charge in [-0.1, -0.05) is 48.5 Å². The molecule has 9 heteroatoms. The average Bonchev–Trinajstić information content (AvgIpc) is 3.41. The molecule has 0 radical (unpaired) electrons. The first-order valence-corrected chi connectivity index (χ1v) is 11.8. The fourth-order valence-electron chi connectivity index (χ4n) is 4.24. The van der Waals surface area contributed by atoms with E-state index in [4.69, 9.17) is 14.2 Å². The van der Waals surface area contributed by atoms with Crippen LogP contribution in [0.3, 0.4) is 0 Å². The fourth-order valence-corrected chi connectivity index (χ4v) is 4.24. The Labute approximate surface area is 213 Å². The number of aromatic nitrogens is 3. The summed E-state index contributed by atoms with van der Waals surface area (Å²) in [6, 6.07) is 20.5. The summed E-state index contributed by atoms with van der Waals surface area (Å²) in [7, 11) is 1.55. The first-order chi connectivity index (χ1) is 18.1. The predicted molar refractivity (Wildman–Crippen MR) is 136 cm³/mol. The third-order valence-corrected chi connectivity index (χ3v) is 5.97.